The molecule has 1 aliphatic heterocycles. The highest BCUT2D eigenvalue weighted by Crippen LogP contribution is 2.21. The Hall–Kier alpha value is -9.49. The van der Waals surface area contributed by atoms with Crippen LogP contribution in [0, 0.1) is 11.8 Å². The van der Waals surface area contributed by atoms with Crippen molar-refractivity contribution < 1.29 is 72.2 Å². The van der Waals surface area contributed by atoms with Crippen LogP contribution in [0.1, 0.15) is 109 Å². The van der Waals surface area contributed by atoms with Gasteiger partial charge in [0.2, 0.25) is 81.9 Å². The van der Waals surface area contributed by atoms with Crippen LogP contribution in [0.25, 0.3) is 0 Å². The second kappa shape index (κ2) is 40.0. The number of primary amides is 3. The quantitative estimate of drug-likeness (QED) is 0.0261. The van der Waals surface area contributed by atoms with Crippen molar-refractivity contribution in [2.75, 3.05) is 25.4 Å². The highest BCUT2D eigenvalue weighted by molar-refractivity contribution is 8.13. The largest absolute Gasteiger partial charge is 0.508 e. The zero-order valence-electron chi connectivity index (χ0n) is 54.7. The zero-order chi connectivity index (χ0) is 71.2. The second-order valence-corrected chi connectivity index (χ2v) is 25.4. The number of nitrogens with one attached hydrogen (secondary N) is 9. The van der Waals surface area contributed by atoms with Crippen LogP contribution >= 0.6 is 11.8 Å². The number of carbonyl (C=O) groups excluding carboxylic acids is 14. The number of hydrogen-bond acceptors (Lipinski definition) is 18. The first kappa shape index (κ1) is 79.0. The van der Waals surface area contributed by atoms with Crippen molar-refractivity contribution in [1.82, 2.24) is 52.8 Å². The first-order valence-electron chi connectivity index (χ1n) is 31.8. The van der Waals surface area contributed by atoms with Crippen molar-refractivity contribution in [2.45, 2.75) is 172 Å². The molecule has 1 heterocycles. The lowest BCUT2D eigenvalue weighted by Crippen LogP contribution is -2.61. The van der Waals surface area contributed by atoms with Gasteiger partial charge in [-0.15, -0.1) is 0 Å². The van der Waals surface area contributed by atoms with Gasteiger partial charge < -0.3 is 86.5 Å². The number of nitrogens with two attached hydrogens (primary N) is 5. The molecule has 0 bridgehead atoms. The molecule has 0 spiro atoms. The number of thioether (sulfide) groups is 1. The molecule has 13 amide bonds. The normalized spacial score (nSPS) is 15.5. The Labute approximate surface area is 561 Å². The third kappa shape index (κ3) is 27.5. The maximum atomic E-state index is 14.6. The Morgan fingerprint density at radius 3 is 1.52 bits per heavy atom. The van der Waals surface area contributed by atoms with Crippen LogP contribution < -0.4 is 76.5 Å². The van der Waals surface area contributed by atoms with E-state index in [0.29, 0.717) is 17.5 Å². The summed E-state index contributed by atoms with van der Waals surface area (Å²) in [6.07, 6.45) is -2.12. The molecule has 0 unspecified atom stereocenters. The summed E-state index contributed by atoms with van der Waals surface area (Å²) in [4.78, 5) is 192. The van der Waals surface area contributed by atoms with Crippen LogP contribution in [0.5, 0.6) is 5.75 Å². The van der Waals surface area contributed by atoms with Crippen molar-refractivity contribution >= 4 is 93.7 Å². The van der Waals surface area contributed by atoms with Gasteiger partial charge in [-0.1, -0.05) is 112 Å². The highest BCUT2D eigenvalue weighted by atomic mass is 32.2. The number of benzene rings is 3. The third-order valence-electron chi connectivity index (χ3n) is 15.4. The molecule has 1 fully saturated rings. The molecule has 524 valence electrons. The first-order valence-corrected chi connectivity index (χ1v) is 32.8. The Bertz CT molecular complexity index is 3180. The lowest BCUT2D eigenvalue weighted by atomic mass is 9.99. The summed E-state index contributed by atoms with van der Waals surface area (Å²) in [7, 11) is 0. The monoisotopic (exact) mass is 1360 g/mol. The fraction of sp³-hybridized carbons (Fsp3) is 0.508. The number of carbonyl (C=O) groups is 14. The van der Waals surface area contributed by atoms with Gasteiger partial charge in [-0.25, -0.2) is 0 Å². The zero-order valence-corrected chi connectivity index (χ0v) is 55.5. The average molecular weight is 1360 g/mol. The van der Waals surface area contributed by atoms with Gasteiger partial charge in [0.1, 0.15) is 54.1 Å². The second-order valence-electron chi connectivity index (χ2n) is 24.3. The summed E-state index contributed by atoms with van der Waals surface area (Å²) in [5.41, 5.74) is 30.4. The van der Waals surface area contributed by atoms with Gasteiger partial charge in [0.05, 0.1) is 24.9 Å². The minimum absolute atomic E-state index is 0.0241. The Morgan fingerprint density at radius 1 is 0.552 bits per heavy atom. The van der Waals surface area contributed by atoms with Gasteiger partial charge in [-0.05, 0) is 92.1 Å². The van der Waals surface area contributed by atoms with Crippen LogP contribution in [0.2, 0.25) is 0 Å². The lowest BCUT2D eigenvalue weighted by Gasteiger charge is -2.29. The standard InChI is InChI=1S/C65H93N15O15S/c1-36(2)30-50(65(95)96-29-27-71-38(5)81)78-56(86)44(18-12-26-66)73-63(93)55(37(3)4)79-61(91)47(33-41-20-22-42(82)23-21-41)74-57(87)45(24-25-52(68)83)72-59(89)48(34-53(69)84)76-58(88)46(32-40-16-10-7-11-17-40)75-60(90)49(35-54(70)85)77-62(92)51-19-13-28-80(51)64(94)43(67)31-39-14-8-6-9-15-39/h6-11,14-17,20-23,36-37,43-51,55,82H,12-13,18-19,24-35,66-67H2,1-5H3,(H2,68,83)(H2,69,84)(H2,70,85)(H,71,81)(H,72,89)(H,73,93)(H,74,87)(H,75,90)(H,76,88)(H,77,92)(H,78,86)(H,79,91)/t43-,44+,45+,46-,47+,48+,49+,50+,51+,55+/m1/s1. The van der Waals surface area contributed by atoms with Crippen LogP contribution in [0.15, 0.2) is 84.9 Å². The van der Waals surface area contributed by atoms with Crippen molar-refractivity contribution in [3.05, 3.63) is 102 Å². The van der Waals surface area contributed by atoms with Crippen LogP contribution in [-0.2, 0) is 86.4 Å². The molecular weight excluding hydrogens is 1260 g/mol. The summed E-state index contributed by atoms with van der Waals surface area (Å²) in [5, 5.41) is 32.8. The number of likely N-dealkylation sites (tertiary alicyclic amines) is 1. The van der Waals surface area contributed by atoms with E-state index in [4.69, 9.17) is 28.7 Å². The summed E-state index contributed by atoms with van der Waals surface area (Å²) >= 11 is 0.921. The number of phenols is 1. The van der Waals surface area contributed by atoms with Crippen LogP contribution in [-0.4, -0.2) is 178 Å². The summed E-state index contributed by atoms with van der Waals surface area (Å²) in [5.74, 6) is -12.5. The van der Waals surface area contributed by atoms with Gasteiger partial charge in [-0.3, -0.25) is 67.1 Å². The summed E-state index contributed by atoms with van der Waals surface area (Å²) in [6.45, 7) is 8.74. The number of amides is 13. The average Bonchev–Trinajstić information content (AvgIpc) is 1.64. The molecule has 10 atom stereocenters. The minimum atomic E-state index is -1.92. The molecule has 0 aromatic heterocycles. The molecule has 1 saturated heterocycles. The fourth-order valence-corrected chi connectivity index (χ4v) is 11.2. The molecule has 96 heavy (non-hydrogen) atoms. The number of rotatable bonds is 40. The topological polar surface area (TPSA) is 501 Å². The van der Waals surface area contributed by atoms with E-state index in [0.717, 1.165) is 17.3 Å². The maximum absolute atomic E-state index is 14.6. The molecule has 4 rings (SSSR count). The van der Waals surface area contributed by atoms with E-state index in [9.17, 15) is 72.2 Å². The van der Waals surface area contributed by atoms with Crippen LogP contribution in [0.4, 0.5) is 0 Å². The van der Waals surface area contributed by atoms with Crippen molar-refractivity contribution in [3.8, 4) is 5.75 Å². The first-order chi connectivity index (χ1) is 45.5. The number of hydrogen-bond donors (Lipinski definition) is 15. The molecule has 1 aliphatic rings. The predicted molar refractivity (Wildman–Crippen MR) is 355 cm³/mol. The van der Waals surface area contributed by atoms with E-state index in [1.807, 2.05) is 13.8 Å². The van der Waals surface area contributed by atoms with Crippen molar-refractivity contribution in [2.24, 2.45) is 40.5 Å². The van der Waals surface area contributed by atoms with Gasteiger partial charge in [0, 0.05) is 45.0 Å². The van der Waals surface area contributed by atoms with E-state index in [1.165, 1.54) is 36.1 Å². The summed E-state index contributed by atoms with van der Waals surface area (Å²) in [6, 6.07) is 8.18. The SMILES string of the molecule is CC(=O)NCCSC(=O)[C@H](CC(C)C)NC(=O)[C@H](CCCN)NC(=O)[C@@H](NC(=O)[C@H](Cc1ccc(O)cc1)NC(=O)[C@H](CCC(N)=O)NC(=O)[C@H](CC(N)=O)NC(=O)[C@@H](Cc1ccccc1)NC(=O)[C@H](CC(N)=O)NC(=O)[C@@H]1CCCN1C(=O)[C@H](N)Cc1ccccc1)C(C)C. The molecule has 0 aliphatic carbocycles. The van der Waals surface area contributed by atoms with E-state index in [-0.39, 0.29) is 93.0 Å². The van der Waals surface area contributed by atoms with Crippen molar-refractivity contribution in [1.29, 1.82) is 0 Å². The van der Waals surface area contributed by atoms with E-state index >= 15 is 0 Å². The molecule has 31 heteroatoms. The van der Waals surface area contributed by atoms with Gasteiger partial charge >= 0.3 is 0 Å². The molecule has 20 N–H and O–H groups in total. The van der Waals surface area contributed by atoms with Crippen LogP contribution in [0.3, 0.4) is 0 Å². The minimum Gasteiger partial charge on any atom is -0.508 e. The van der Waals surface area contributed by atoms with Gasteiger partial charge in [-0.2, -0.15) is 0 Å². The third-order valence-corrected chi connectivity index (χ3v) is 16.4. The van der Waals surface area contributed by atoms with E-state index in [1.54, 1.807) is 74.5 Å². The molecule has 30 nitrogen and oxygen atoms in total. The molecule has 3 aromatic carbocycles. The number of nitrogens with zero attached hydrogens (tertiary/aromatic N) is 1. The van der Waals surface area contributed by atoms with Gasteiger partial charge in [0.15, 0.2) is 0 Å². The van der Waals surface area contributed by atoms with Crippen molar-refractivity contribution in [3.63, 3.8) is 0 Å². The lowest BCUT2D eigenvalue weighted by molar-refractivity contribution is -0.141. The maximum Gasteiger partial charge on any atom is 0.243 e. The molecular formula is C65H93N15O15S. The Morgan fingerprint density at radius 2 is 1.01 bits per heavy atom. The van der Waals surface area contributed by atoms with E-state index in [2.05, 4.69) is 47.9 Å². The van der Waals surface area contributed by atoms with Gasteiger partial charge in [0.25, 0.3) is 0 Å². The fourth-order valence-electron chi connectivity index (χ4n) is 10.4. The predicted octanol–water partition coefficient (Wildman–Crippen LogP) is -2.53. The molecule has 0 saturated carbocycles. The Kier molecular flexibility index (Phi) is 32.9. The Balaban J connectivity index is 1.60. The van der Waals surface area contributed by atoms with E-state index < -0.39 is 163 Å². The molecule has 0 radical (unpaired) electrons. The smallest absolute Gasteiger partial charge is 0.243 e. The molecule has 3 aromatic rings. The number of phenolic OH excluding ortho intramolecular Hbond substituents is 1. The number of aromatic hydroxyl groups is 1. The summed E-state index contributed by atoms with van der Waals surface area (Å²) < 4.78 is 0. The highest BCUT2D eigenvalue weighted by Gasteiger charge is 2.40.